The quantitative estimate of drug-likeness (QED) is 0.605. The van der Waals surface area contributed by atoms with Gasteiger partial charge in [0, 0.05) is 24.5 Å². The second-order valence-electron chi connectivity index (χ2n) is 7.61. The summed E-state index contributed by atoms with van der Waals surface area (Å²) in [6.07, 6.45) is 0. The zero-order valence-electron chi connectivity index (χ0n) is 16.2. The van der Waals surface area contributed by atoms with Crippen molar-refractivity contribution < 1.29 is 14.3 Å². The Bertz CT molecular complexity index is 953. The maximum absolute atomic E-state index is 13.0. The molecule has 2 aliphatic heterocycles. The number of rotatable bonds is 2. The van der Waals surface area contributed by atoms with Crippen molar-refractivity contribution in [3.05, 3.63) is 58.7 Å². The van der Waals surface area contributed by atoms with Gasteiger partial charge < -0.3 is 14.5 Å². The van der Waals surface area contributed by atoms with Gasteiger partial charge in [0.2, 0.25) is 5.54 Å². The third kappa shape index (κ3) is 2.52. The molecule has 0 amide bonds. The first-order valence-corrected chi connectivity index (χ1v) is 9.18. The van der Waals surface area contributed by atoms with E-state index in [1.54, 1.807) is 0 Å². The van der Waals surface area contributed by atoms with E-state index in [-0.39, 0.29) is 12.3 Å². The summed E-state index contributed by atoms with van der Waals surface area (Å²) in [5.41, 5.74) is 5.20. The van der Waals surface area contributed by atoms with Gasteiger partial charge in [0.05, 0.1) is 13.7 Å². The molecular weight excluding hydrogens is 340 g/mol. The maximum Gasteiger partial charge on any atom is 0.341 e. The lowest BCUT2D eigenvalue weighted by molar-refractivity contribution is -0.150. The Morgan fingerprint density at radius 1 is 0.963 bits per heavy atom. The number of hydrogen-bond acceptors (Lipinski definition) is 5. The van der Waals surface area contributed by atoms with Gasteiger partial charge >= 0.3 is 5.97 Å². The van der Waals surface area contributed by atoms with Crippen LogP contribution < -0.4 is 9.80 Å². The van der Waals surface area contributed by atoms with Gasteiger partial charge in [-0.2, -0.15) is 0 Å². The van der Waals surface area contributed by atoms with Crippen molar-refractivity contribution >= 4 is 23.1 Å². The van der Waals surface area contributed by atoms with Crippen LogP contribution in [0.15, 0.2) is 36.4 Å². The van der Waals surface area contributed by atoms with Crippen LogP contribution in [0.5, 0.6) is 0 Å². The van der Waals surface area contributed by atoms with Gasteiger partial charge in [-0.1, -0.05) is 35.4 Å². The lowest BCUT2D eigenvalue weighted by atomic mass is 9.91. The first kappa shape index (κ1) is 17.6. The molecule has 0 unspecified atom stereocenters. The molecule has 0 saturated heterocycles. The molecular formula is C22H24N2O3. The number of hydrogen-bond donors (Lipinski definition) is 0. The van der Waals surface area contributed by atoms with Gasteiger partial charge in [0.25, 0.3) is 0 Å². The number of fused-ring (bicyclic) bond motifs is 7. The molecule has 0 saturated carbocycles. The van der Waals surface area contributed by atoms with Crippen LogP contribution in [0, 0.1) is 13.8 Å². The molecule has 5 nitrogen and oxygen atoms in total. The van der Waals surface area contributed by atoms with Crippen LogP contribution >= 0.6 is 0 Å². The highest BCUT2D eigenvalue weighted by Crippen LogP contribution is 2.42. The molecule has 27 heavy (non-hydrogen) atoms. The second-order valence-corrected chi connectivity index (χ2v) is 7.61. The Morgan fingerprint density at radius 2 is 1.56 bits per heavy atom. The van der Waals surface area contributed by atoms with E-state index in [2.05, 4.69) is 43.0 Å². The predicted molar refractivity (Wildman–Crippen MR) is 105 cm³/mol. The molecule has 0 radical (unpaired) electrons. The summed E-state index contributed by atoms with van der Waals surface area (Å²) in [6.45, 7) is 7.01. The lowest BCUT2D eigenvalue weighted by Gasteiger charge is -2.39. The Balaban J connectivity index is 2.02. The molecule has 2 bridgehead atoms. The number of Topliss-reactive ketones (excluding diaryl/α,β-unsaturated/α-hetero) is 1. The minimum absolute atomic E-state index is 0.197. The van der Waals surface area contributed by atoms with E-state index in [0.717, 1.165) is 33.6 Å². The summed E-state index contributed by atoms with van der Waals surface area (Å²) >= 11 is 0. The number of ether oxygens (including phenoxy) is 1. The molecule has 4 rings (SSSR count). The average Bonchev–Trinajstić information content (AvgIpc) is 2.85. The maximum atomic E-state index is 13.0. The van der Waals surface area contributed by atoms with Crippen LogP contribution in [0.25, 0.3) is 0 Å². The topological polar surface area (TPSA) is 49.9 Å². The highest BCUT2D eigenvalue weighted by Gasteiger charge is 2.54. The summed E-state index contributed by atoms with van der Waals surface area (Å²) in [5, 5.41) is 0. The van der Waals surface area contributed by atoms with Crippen LogP contribution in [-0.4, -0.2) is 30.9 Å². The van der Waals surface area contributed by atoms with Gasteiger partial charge in [-0.05, 0) is 44.0 Å². The molecule has 2 heterocycles. The summed E-state index contributed by atoms with van der Waals surface area (Å²) < 4.78 is 5.15. The summed E-state index contributed by atoms with van der Waals surface area (Å²) in [5.74, 6) is -0.699. The first-order chi connectivity index (χ1) is 12.9. The van der Waals surface area contributed by atoms with Crippen LogP contribution in [-0.2, 0) is 27.4 Å². The molecule has 1 atom stereocenters. The Morgan fingerprint density at radius 3 is 2.15 bits per heavy atom. The van der Waals surface area contributed by atoms with E-state index in [1.807, 2.05) is 17.0 Å². The average molecular weight is 364 g/mol. The molecule has 0 aliphatic carbocycles. The van der Waals surface area contributed by atoms with Gasteiger partial charge in [-0.3, -0.25) is 4.79 Å². The van der Waals surface area contributed by atoms with Gasteiger partial charge in [-0.25, -0.2) is 4.79 Å². The van der Waals surface area contributed by atoms with Crippen LogP contribution in [0.3, 0.4) is 0 Å². The summed E-state index contributed by atoms with van der Waals surface area (Å²) in [7, 11) is 1.35. The predicted octanol–water partition coefficient (Wildman–Crippen LogP) is 3.14. The fourth-order valence-electron chi connectivity index (χ4n) is 4.43. The van der Waals surface area contributed by atoms with E-state index in [0.29, 0.717) is 13.1 Å². The minimum atomic E-state index is -1.36. The van der Waals surface area contributed by atoms with Crippen molar-refractivity contribution in [2.75, 3.05) is 23.5 Å². The van der Waals surface area contributed by atoms with Gasteiger partial charge in [0.15, 0.2) is 5.78 Å². The van der Waals surface area contributed by atoms with E-state index < -0.39 is 11.5 Å². The third-order valence-corrected chi connectivity index (χ3v) is 5.78. The Labute approximate surface area is 159 Å². The molecule has 140 valence electrons. The second kappa shape index (κ2) is 6.12. The third-order valence-electron chi connectivity index (χ3n) is 5.78. The van der Waals surface area contributed by atoms with E-state index in [1.165, 1.54) is 14.0 Å². The van der Waals surface area contributed by atoms with Crippen LogP contribution in [0.2, 0.25) is 0 Å². The number of anilines is 2. The zero-order chi connectivity index (χ0) is 19.3. The van der Waals surface area contributed by atoms with Crippen LogP contribution in [0.1, 0.15) is 29.2 Å². The molecule has 0 fully saturated rings. The van der Waals surface area contributed by atoms with Crippen molar-refractivity contribution in [3.8, 4) is 0 Å². The molecule has 0 N–H and O–H groups in total. The highest BCUT2D eigenvalue weighted by molar-refractivity contribution is 6.12. The number of nitrogens with zero attached hydrogens (tertiary/aromatic N) is 2. The SMILES string of the molecule is COC(=O)[C@@]1(C(C)=O)CN2Cc3cc(C)ccc3N1Cc1cc(C)ccc12. The number of aryl methyl sites for hydroxylation is 2. The number of carbonyl (C=O) groups is 2. The molecule has 0 spiro atoms. The van der Waals surface area contributed by atoms with Crippen molar-refractivity contribution in [3.63, 3.8) is 0 Å². The number of ketones is 1. The molecule has 2 aromatic rings. The molecule has 2 aromatic carbocycles. The fraction of sp³-hybridized carbons (Fsp3) is 0.364. The Kier molecular flexibility index (Phi) is 3.98. The largest absolute Gasteiger partial charge is 0.467 e. The van der Waals surface area contributed by atoms with Crippen molar-refractivity contribution in [1.82, 2.24) is 0 Å². The van der Waals surface area contributed by atoms with Gasteiger partial charge in [-0.15, -0.1) is 0 Å². The van der Waals surface area contributed by atoms with Crippen molar-refractivity contribution in [2.24, 2.45) is 0 Å². The summed E-state index contributed by atoms with van der Waals surface area (Å²) in [4.78, 5) is 30.1. The smallest absolute Gasteiger partial charge is 0.341 e. The molecule has 0 aromatic heterocycles. The van der Waals surface area contributed by atoms with Crippen molar-refractivity contribution in [2.45, 2.75) is 39.4 Å². The first-order valence-electron chi connectivity index (χ1n) is 9.18. The van der Waals surface area contributed by atoms with E-state index >= 15 is 0 Å². The minimum Gasteiger partial charge on any atom is -0.467 e. The number of benzene rings is 2. The number of esters is 1. The standard InChI is InChI=1S/C22H24N2O3/c1-14-5-7-19-18(10-14)12-24-20-8-6-15(2)9-17(20)11-23(19)13-22(24,16(3)25)21(26)27-4/h5-10H,11-13H2,1-4H3/t22-/m0/s1. The molecule has 5 heteroatoms. The Hall–Kier alpha value is -2.82. The van der Waals surface area contributed by atoms with E-state index in [4.69, 9.17) is 4.74 Å². The fourth-order valence-corrected chi connectivity index (χ4v) is 4.43. The van der Waals surface area contributed by atoms with Crippen LogP contribution in [0.4, 0.5) is 11.4 Å². The number of carbonyl (C=O) groups excluding carboxylic acids is 2. The van der Waals surface area contributed by atoms with Gasteiger partial charge in [0.1, 0.15) is 0 Å². The summed E-state index contributed by atoms with van der Waals surface area (Å²) in [6, 6.07) is 12.5. The highest BCUT2D eigenvalue weighted by atomic mass is 16.5. The normalized spacial score (nSPS) is 20.4. The zero-order valence-corrected chi connectivity index (χ0v) is 16.2. The van der Waals surface area contributed by atoms with Crippen molar-refractivity contribution in [1.29, 1.82) is 0 Å². The molecule has 2 aliphatic rings. The van der Waals surface area contributed by atoms with E-state index in [9.17, 15) is 9.59 Å². The lowest BCUT2D eigenvalue weighted by Crippen LogP contribution is -2.63. The monoisotopic (exact) mass is 364 g/mol. The number of methoxy groups -OCH3 is 1.